The van der Waals surface area contributed by atoms with E-state index in [9.17, 15) is 14.4 Å². The van der Waals surface area contributed by atoms with Crippen molar-refractivity contribution in [2.75, 3.05) is 6.54 Å². The number of ketones is 1. The summed E-state index contributed by atoms with van der Waals surface area (Å²) in [5.74, 6) is -1.60. The number of guanidine groups is 1. The highest BCUT2D eigenvalue weighted by Gasteiger charge is 2.18. The number of amides is 1. The van der Waals surface area contributed by atoms with Gasteiger partial charge in [-0.3, -0.25) is 10.2 Å². The monoisotopic (exact) mass is 364 g/mol. The van der Waals surface area contributed by atoms with Gasteiger partial charge in [-0.1, -0.05) is 30.4 Å². The van der Waals surface area contributed by atoms with Gasteiger partial charge in [0.25, 0.3) is 0 Å². The van der Waals surface area contributed by atoms with Gasteiger partial charge in [0.1, 0.15) is 11.8 Å². The summed E-state index contributed by atoms with van der Waals surface area (Å²) in [4.78, 5) is 33.6. The number of carboxylic acid groups (broad SMARTS) is 1. The number of carboxylic acids is 1. The van der Waals surface area contributed by atoms with Crippen molar-refractivity contribution in [3.8, 4) is 0 Å². The number of hydrogen-bond donors (Lipinski definition) is 5. The summed E-state index contributed by atoms with van der Waals surface area (Å²) < 4.78 is 0. The Morgan fingerprint density at radius 1 is 1.15 bits per heavy atom. The smallest absolute Gasteiger partial charge is 0.326 e. The Bertz CT molecular complexity index is 568. The van der Waals surface area contributed by atoms with Crippen molar-refractivity contribution in [3.63, 3.8) is 0 Å². The molecule has 0 heterocycles. The second kappa shape index (κ2) is 14.4. The van der Waals surface area contributed by atoms with Gasteiger partial charge < -0.3 is 26.3 Å². The van der Waals surface area contributed by atoms with Crippen LogP contribution in [0.25, 0.3) is 0 Å². The number of carbonyl (C=O) groups is 3. The van der Waals surface area contributed by atoms with Gasteiger partial charge in [0.15, 0.2) is 5.96 Å². The molecule has 8 heteroatoms. The summed E-state index contributed by atoms with van der Waals surface area (Å²) in [7, 11) is 0. The molecule has 0 saturated heterocycles. The largest absolute Gasteiger partial charge is 0.480 e. The second-order valence-electron chi connectivity index (χ2n) is 5.65. The van der Waals surface area contributed by atoms with Gasteiger partial charge in [0.2, 0.25) is 5.91 Å². The van der Waals surface area contributed by atoms with E-state index in [1.165, 1.54) is 12.2 Å². The quantitative estimate of drug-likeness (QED) is 0.109. The minimum absolute atomic E-state index is 0.177. The first kappa shape index (κ1) is 23.1. The lowest BCUT2D eigenvalue weighted by atomic mass is 10.1. The molecule has 0 radical (unpaired) electrons. The lowest BCUT2D eigenvalue weighted by molar-refractivity contribution is -0.141. The van der Waals surface area contributed by atoms with Crippen molar-refractivity contribution in [1.82, 2.24) is 10.6 Å². The van der Waals surface area contributed by atoms with Crippen molar-refractivity contribution < 1.29 is 19.5 Å². The first-order valence-electron chi connectivity index (χ1n) is 8.43. The highest BCUT2D eigenvalue weighted by molar-refractivity contribution is 5.91. The third kappa shape index (κ3) is 14.7. The summed E-state index contributed by atoms with van der Waals surface area (Å²) in [5, 5.41) is 21.1. The van der Waals surface area contributed by atoms with Crippen molar-refractivity contribution in [1.29, 1.82) is 5.41 Å². The molecule has 0 fully saturated rings. The Morgan fingerprint density at radius 2 is 1.85 bits per heavy atom. The first-order chi connectivity index (χ1) is 12.3. The maximum atomic E-state index is 11.7. The molecular weight excluding hydrogens is 336 g/mol. The van der Waals surface area contributed by atoms with Crippen molar-refractivity contribution in [3.05, 3.63) is 36.5 Å². The number of nitrogens with one attached hydrogen (secondary N) is 3. The number of aliphatic carboxylic acids is 1. The lowest BCUT2D eigenvalue weighted by Gasteiger charge is -2.13. The van der Waals surface area contributed by atoms with Gasteiger partial charge in [-0.15, -0.1) is 0 Å². The molecule has 0 bridgehead atoms. The van der Waals surface area contributed by atoms with Crippen LogP contribution < -0.4 is 16.4 Å². The van der Waals surface area contributed by atoms with Crippen LogP contribution in [0.5, 0.6) is 0 Å². The fourth-order valence-corrected chi connectivity index (χ4v) is 1.92. The maximum absolute atomic E-state index is 11.7. The van der Waals surface area contributed by atoms with Crippen LogP contribution in [0.3, 0.4) is 0 Å². The van der Waals surface area contributed by atoms with Crippen molar-refractivity contribution in [2.45, 2.75) is 45.1 Å². The summed E-state index contributed by atoms with van der Waals surface area (Å²) >= 11 is 0. The van der Waals surface area contributed by atoms with Crippen LogP contribution in [-0.4, -0.2) is 41.3 Å². The minimum Gasteiger partial charge on any atom is -0.480 e. The van der Waals surface area contributed by atoms with Gasteiger partial charge in [-0.25, -0.2) is 4.79 Å². The predicted octanol–water partition coefficient (Wildman–Crippen LogP) is 1.25. The molecule has 0 aliphatic carbocycles. The zero-order valence-electron chi connectivity index (χ0n) is 15.0. The topological polar surface area (TPSA) is 145 Å². The van der Waals surface area contributed by atoms with E-state index in [0.29, 0.717) is 19.4 Å². The number of rotatable bonds is 13. The standard InChI is InChI=1S/C18H28N4O4/c1-14(23)10-7-5-3-2-4-6-8-12-16(24)22-15(17(25)26)11-9-13-21-18(19)20/h2-4,6,8,12,15H,5,7,9-11,13H2,1H3,(H,22,24)(H,25,26)(H4,19,20,21)/b3-2+,6-4+,12-8+. The Labute approximate surface area is 153 Å². The molecule has 144 valence electrons. The van der Waals surface area contributed by atoms with E-state index in [1.807, 2.05) is 12.2 Å². The number of allylic oxidation sites excluding steroid dienone is 5. The molecule has 0 aromatic rings. The fraction of sp³-hybridized carbons (Fsp3) is 0.444. The van der Waals surface area contributed by atoms with E-state index in [-0.39, 0.29) is 18.2 Å². The van der Waals surface area contributed by atoms with E-state index >= 15 is 0 Å². The van der Waals surface area contributed by atoms with Gasteiger partial charge in [0.05, 0.1) is 0 Å². The van der Waals surface area contributed by atoms with E-state index in [4.69, 9.17) is 16.2 Å². The zero-order valence-corrected chi connectivity index (χ0v) is 15.0. The molecule has 0 aliphatic heterocycles. The van der Waals surface area contributed by atoms with Crippen LogP contribution in [0.2, 0.25) is 0 Å². The van der Waals surface area contributed by atoms with Crippen LogP contribution in [0.4, 0.5) is 0 Å². The SMILES string of the molecule is CC(=O)CCC/C=C/C=C/C=C/C(=O)NC(CCCNC(=N)N)C(=O)O. The number of hydrogen-bond acceptors (Lipinski definition) is 4. The molecule has 6 N–H and O–H groups in total. The molecule has 0 aromatic carbocycles. The Balaban J connectivity index is 4.13. The molecule has 0 aromatic heterocycles. The average Bonchev–Trinajstić information content (AvgIpc) is 2.55. The Morgan fingerprint density at radius 3 is 2.46 bits per heavy atom. The molecule has 1 atom stereocenters. The zero-order chi connectivity index (χ0) is 19.8. The van der Waals surface area contributed by atoms with Crippen LogP contribution in [0, 0.1) is 5.41 Å². The van der Waals surface area contributed by atoms with Crippen LogP contribution in [0.15, 0.2) is 36.5 Å². The third-order valence-electron chi connectivity index (χ3n) is 3.22. The molecule has 0 aliphatic rings. The number of nitrogens with two attached hydrogens (primary N) is 1. The lowest BCUT2D eigenvalue weighted by Crippen LogP contribution is -2.40. The molecule has 0 rings (SSSR count). The number of carbonyl (C=O) groups excluding carboxylic acids is 2. The highest BCUT2D eigenvalue weighted by Crippen LogP contribution is 1.98. The van der Waals surface area contributed by atoms with Crippen LogP contribution in [-0.2, 0) is 14.4 Å². The van der Waals surface area contributed by atoms with Crippen LogP contribution in [0.1, 0.15) is 39.0 Å². The van der Waals surface area contributed by atoms with E-state index in [2.05, 4.69) is 10.6 Å². The van der Waals surface area contributed by atoms with Gasteiger partial charge in [-0.05, 0) is 32.6 Å². The molecule has 26 heavy (non-hydrogen) atoms. The number of Topliss-reactive ketones (excluding diaryl/α,β-unsaturated/α-hetero) is 1. The summed E-state index contributed by atoms with van der Waals surface area (Å²) in [5.41, 5.74) is 5.13. The predicted molar refractivity (Wildman–Crippen MR) is 101 cm³/mol. The van der Waals surface area contributed by atoms with Gasteiger partial charge in [0, 0.05) is 19.0 Å². The summed E-state index contributed by atoms with van der Waals surface area (Å²) in [6.45, 7) is 1.93. The van der Waals surface area contributed by atoms with Crippen molar-refractivity contribution in [2.24, 2.45) is 5.73 Å². The van der Waals surface area contributed by atoms with Gasteiger partial charge in [-0.2, -0.15) is 0 Å². The average molecular weight is 364 g/mol. The first-order valence-corrected chi connectivity index (χ1v) is 8.43. The second-order valence-corrected chi connectivity index (χ2v) is 5.65. The fourth-order valence-electron chi connectivity index (χ4n) is 1.92. The van der Waals surface area contributed by atoms with Crippen molar-refractivity contribution >= 4 is 23.6 Å². The third-order valence-corrected chi connectivity index (χ3v) is 3.22. The van der Waals surface area contributed by atoms with E-state index < -0.39 is 17.9 Å². The summed E-state index contributed by atoms with van der Waals surface area (Å²) in [6.07, 6.45) is 12.8. The minimum atomic E-state index is -1.11. The molecule has 1 amide bonds. The normalized spacial score (nSPS) is 12.5. The molecular formula is C18H28N4O4. The molecule has 1 unspecified atom stereocenters. The summed E-state index contributed by atoms with van der Waals surface area (Å²) in [6, 6.07) is -0.994. The Hall–Kier alpha value is -2.90. The number of unbranched alkanes of at least 4 members (excludes halogenated alkanes) is 1. The van der Waals surface area contributed by atoms with Gasteiger partial charge >= 0.3 is 5.97 Å². The van der Waals surface area contributed by atoms with Crippen LogP contribution >= 0.6 is 0 Å². The van der Waals surface area contributed by atoms with E-state index in [1.54, 1.807) is 19.1 Å². The maximum Gasteiger partial charge on any atom is 0.326 e. The Kier molecular flexibility index (Phi) is 12.8. The highest BCUT2D eigenvalue weighted by atomic mass is 16.4. The molecule has 0 saturated carbocycles. The van der Waals surface area contributed by atoms with E-state index in [0.717, 1.165) is 12.8 Å². The molecule has 0 spiro atoms. The molecule has 8 nitrogen and oxygen atoms in total.